The number of benzene rings is 1. The summed E-state index contributed by atoms with van der Waals surface area (Å²) in [6, 6.07) is 3.78. The zero-order valence-electron chi connectivity index (χ0n) is 11.4. The number of aryl methyl sites for hydroxylation is 3. The minimum Gasteiger partial charge on any atom is -0.483 e. The van der Waals surface area contributed by atoms with Gasteiger partial charge in [0.15, 0.2) is 13.2 Å². The molecule has 20 heavy (non-hydrogen) atoms. The molecule has 1 aromatic rings. The van der Waals surface area contributed by atoms with Gasteiger partial charge in [-0.2, -0.15) is 13.2 Å². The number of hydroxylamine groups is 1. The summed E-state index contributed by atoms with van der Waals surface area (Å²) < 4.78 is 40.7. The van der Waals surface area contributed by atoms with E-state index in [4.69, 9.17) is 4.74 Å². The number of ether oxygens (including phenoxy) is 1. The van der Waals surface area contributed by atoms with Crippen molar-refractivity contribution in [1.82, 2.24) is 5.48 Å². The lowest BCUT2D eigenvalue weighted by Gasteiger charge is -2.13. The molecule has 0 aliphatic heterocycles. The Morgan fingerprint density at radius 1 is 1.20 bits per heavy atom. The third kappa shape index (κ3) is 5.48. The number of nitrogens with one attached hydrogen (secondary N) is 1. The quantitative estimate of drug-likeness (QED) is 0.848. The van der Waals surface area contributed by atoms with E-state index in [2.05, 4.69) is 4.84 Å². The molecule has 0 aromatic heterocycles. The number of rotatable bonds is 5. The van der Waals surface area contributed by atoms with Crippen LogP contribution in [0.5, 0.6) is 5.75 Å². The van der Waals surface area contributed by atoms with E-state index in [0.29, 0.717) is 5.75 Å². The molecule has 0 fully saturated rings. The summed E-state index contributed by atoms with van der Waals surface area (Å²) in [5, 5.41) is 0. The minimum absolute atomic E-state index is 0.414. The molecule has 0 unspecified atom stereocenters. The Hall–Kier alpha value is -1.76. The maximum Gasteiger partial charge on any atom is 0.414 e. The number of carbonyl (C=O) groups is 1. The van der Waals surface area contributed by atoms with Crippen molar-refractivity contribution in [2.45, 2.75) is 26.9 Å². The SMILES string of the molecule is Cc1cc(C)c(OCC(=O)NOCC(F)(F)F)c(C)c1. The van der Waals surface area contributed by atoms with Gasteiger partial charge < -0.3 is 4.74 Å². The van der Waals surface area contributed by atoms with Gasteiger partial charge >= 0.3 is 6.18 Å². The molecule has 112 valence electrons. The van der Waals surface area contributed by atoms with E-state index in [0.717, 1.165) is 16.7 Å². The molecule has 7 heteroatoms. The zero-order chi connectivity index (χ0) is 15.3. The lowest BCUT2D eigenvalue weighted by Crippen LogP contribution is -2.33. The topological polar surface area (TPSA) is 47.6 Å². The second-order valence-corrected chi connectivity index (χ2v) is 4.45. The fourth-order valence-electron chi connectivity index (χ4n) is 1.76. The smallest absolute Gasteiger partial charge is 0.414 e. The fourth-order valence-corrected chi connectivity index (χ4v) is 1.76. The van der Waals surface area contributed by atoms with E-state index in [9.17, 15) is 18.0 Å². The first kappa shape index (κ1) is 16.3. The monoisotopic (exact) mass is 291 g/mol. The van der Waals surface area contributed by atoms with Gasteiger partial charge in [-0.3, -0.25) is 9.63 Å². The molecule has 0 atom stereocenters. The molecule has 4 nitrogen and oxygen atoms in total. The van der Waals surface area contributed by atoms with Crippen LogP contribution in [0.1, 0.15) is 16.7 Å². The van der Waals surface area contributed by atoms with Crippen LogP contribution in [0, 0.1) is 20.8 Å². The molecule has 0 spiro atoms. The third-order valence-corrected chi connectivity index (χ3v) is 2.37. The van der Waals surface area contributed by atoms with Gasteiger partial charge in [0.2, 0.25) is 0 Å². The van der Waals surface area contributed by atoms with E-state index in [1.54, 1.807) is 5.48 Å². The van der Waals surface area contributed by atoms with Crippen molar-refractivity contribution in [1.29, 1.82) is 0 Å². The highest BCUT2D eigenvalue weighted by Gasteiger charge is 2.28. The van der Waals surface area contributed by atoms with Gasteiger partial charge in [-0.25, -0.2) is 5.48 Å². The Kier molecular flexibility index (Phi) is 5.38. The van der Waals surface area contributed by atoms with Crippen LogP contribution in [0.3, 0.4) is 0 Å². The van der Waals surface area contributed by atoms with Gasteiger partial charge in [-0.05, 0) is 31.9 Å². The van der Waals surface area contributed by atoms with Crippen molar-refractivity contribution in [2.75, 3.05) is 13.2 Å². The Bertz CT molecular complexity index is 463. The fraction of sp³-hybridized carbons (Fsp3) is 0.462. The van der Waals surface area contributed by atoms with Gasteiger partial charge in [0.1, 0.15) is 5.75 Å². The summed E-state index contributed by atoms with van der Waals surface area (Å²) in [6.07, 6.45) is -4.49. The number of amides is 1. The van der Waals surface area contributed by atoms with Crippen LogP contribution >= 0.6 is 0 Å². The van der Waals surface area contributed by atoms with Crippen molar-refractivity contribution in [3.05, 3.63) is 28.8 Å². The van der Waals surface area contributed by atoms with Crippen LogP contribution in [-0.4, -0.2) is 25.3 Å². The summed E-state index contributed by atoms with van der Waals surface area (Å²) in [7, 11) is 0. The molecule has 0 bridgehead atoms. The Balaban J connectivity index is 2.46. The van der Waals surface area contributed by atoms with Crippen LogP contribution in [0.25, 0.3) is 0 Å². The van der Waals surface area contributed by atoms with E-state index in [1.807, 2.05) is 32.9 Å². The summed E-state index contributed by atoms with van der Waals surface area (Å²) in [5.41, 5.74) is 4.44. The highest BCUT2D eigenvalue weighted by atomic mass is 19.4. The maximum absolute atomic E-state index is 11.8. The molecule has 1 amide bonds. The standard InChI is InChI=1S/C13H16F3NO3/c1-8-4-9(2)12(10(3)5-8)19-6-11(18)17-20-7-13(14,15)16/h4-5H,6-7H2,1-3H3,(H,17,18). The van der Waals surface area contributed by atoms with Crippen LogP contribution in [0.2, 0.25) is 0 Å². The van der Waals surface area contributed by atoms with Gasteiger partial charge in [0, 0.05) is 0 Å². The number of carbonyl (C=O) groups excluding carboxylic acids is 1. The van der Waals surface area contributed by atoms with Gasteiger partial charge in [0.05, 0.1) is 0 Å². The Morgan fingerprint density at radius 2 is 1.75 bits per heavy atom. The van der Waals surface area contributed by atoms with Crippen molar-refractivity contribution >= 4 is 5.91 Å². The predicted octanol–water partition coefficient (Wildman–Crippen LogP) is 2.60. The predicted molar refractivity (Wildman–Crippen MR) is 66.3 cm³/mol. The molecule has 0 saturated heterocycles. The molecule has 0 aliphatic rings. The van der Waals surface area contributed by atoms with Crippen molar-refractivity contribution < 1.29 is 27.5 Å². The summed E-state index contributed by atoms with van der Waals surface area (Å²) in [5.74, 6) is -0.241. The summed E-state index contributed by atoms with van der Waals surface area (Å²) >= 11 is 0. The normalized spacial score (nSPS) is 11.3. The van der Waals surface area contributed by atoms with Crippen molar-refractivity contribution in [3.63, 3.8) is 0 Å². The van der Waals surface area contributed by atoms with Gasteiger partial charge in [-0.1, -0.05) is 17.7 Å². The molecule has 0 heterocycles. The van der Waals surface area contributed by atoms with Crippen LogP contribution in [-0.2, 0) is 9.63 Å². The van der Waals surface area contributed by atoms with E-state index >= 15 is 0 Å². The van der Waals surface area contributed by atoms with Crippen molar-refractivity contribution in [3.8, 4) is 5.75 Å². The molecule has 1 rings (SSSR count). The first-order chi connectivity index (χ1) is 9.19. The zero-order valence-corrected chi connectivity index (χ0v) is 11.4. The lowest BCUT2D eigenvalue weighted by atomic mass is 10.1. The Labute approximate surface area is 114 Å². The molecular formula is C13H16F3NO3. The number of alkyl halides is 3. The molecule has 0 saturated carbocycles. The van der Waals surface area contributed by atoms with Crippen LogP contribution < -0.4 is 10.2 Å². The number of hydrogen-bond donors (Lipinski definition) is 1. The highest BCUT2D eigenvalue weighted by Crippen LogP contribution is 2.24. The van der Waals surface area contributed by atoms with Crippen LogP contribution in [0.15, 0.2) is 12.1 Å². The third-order valence-electron chi connectivity index (χ3n) is 2.37. The molecule has 0 radical (unpaired) electrons. The van der Waals surface area contributed by atoms with Gasteiger partial charge in [0.25, 0.3) is 5.91 Å². The number of hydrogen-bond acceptors (Lipinski definition) is 3. The minimum atomic E-state index is -4.49. The molecule has 1 aromatic carbocycles. The van der Waals surface area contributed by atoms with Gasteiger partial charge in [-0.15, -0.1) is 0 Å². The average molecular weight is 291 g/mol. The molecule has 1 N–H and O–H groups in total. The maximum atomic E-state index is 11.8. The molecule has 0 aliphatic carbocycles. The molecular weight excluding hydrogens is 275 g/mol. The largest absolute Gasteiger partial charge is 0.483 e. The average Bonchev–Trinajstić information content (AvgIpc) is 2.25. The lowest BCUT2D eigenvalue weighted by molar-refractivity contribution is -0.192. The highest BCUT2D eigenvalue weighted by molar-refractivity contribution is 5.76. The van der Waals surface area contributed by atoms with Crippen LogP contribution in [0.4, 0.5) is 13.2 Å². The van der Waals surface area contributed by atoms with E-state index in [-0.39, 0.29) is 0 Å². The second kappa shape index (κ2) is 6.60. The first-order valence-corrected chi connectivity index (χ1v) is 5.87. The summed E-state index contributed by atoms with van der Waals surface area (Å²) in [6.45, 7) is 3.63. The second-order valence-electron chi connectivity index (χ2n) is 4.45. The summed E-state index contributed by atoms with van der Waals surface area (Å²) in [4.78, 5) is 15.3. The van der Waals surface area contributed by atoms with E-state index < -0.39 is 25.3 Å². The first-order valence-electron chi connectivity index (χ1n) is 5.87. The van der Waals surface area contributed by atoms with E-state index in [1.165, 1.54) is 0 Å². The van der Waals surface area contributed by atoms with Crippen molar-refractivity contribution in [2.24, 2.45) is 0 Å². The Morgan fingerprint density at radius 3 is 2.25 bits per heavy atom. The number of halogens is 3.